The van der Waals surface area contributed by atoms with Crippen molar-refractivity contribution in [1.29, 1.82) is 5.26 Å². The first-order valence-corrected chi connectivity index (χ1v) is 15.2. The van der Waals surface area contributed by atoms with E-state index in [4.69, 9.17) is 5.26 Å². The number of carbonyl (C=O) groups excluding carboxylic acids is 1. The molecule has 8 heteroatoms. The monoisotopic (exact) mass is 535 g/mol. The standard InChI is InChI=1S/C29H33N3O3S2/c1-20(2)19-27(29(33)31-18-17-30)32-28(24-11-15-26(16-12-24)37(4,34)35)23-7-5-21(6-8-23)22-9-13-25(36-3)14-10-22/h5-16,20,27-28,32H,18-19H2,1-4H3,(H,31,33)/t27-,28+/m0/s1. The molecular formula is C29H33N3O3S2. The van der Waals surface area contributed by atoms with Gasteiger partial charge in [0.1, 0.15) is 6.54 Å². The van der Waals surface area contributed by atoms with Crippen molar-refractivity contribution < 1.29 is 13.2 Å². The van der Waals surface area contributed by atoms with Crippen LogP contribution in [0.3, 0.4) is 0 Å². The van der Waals surface area contributed by atoms with Gasteiger partial charge in [0, 0.05) is 11.2 Å². The molecule has 3 aromatic rings. The summed E-state index contributed by atoms with van der Waals surface area (Å²) in [6.45, 7) is 4.02. The topological polar surface area (TPSA) is 99.1 Å². The predicted molar refractivity (Wildman–Crippen MR) is 150 cm³/mol. The van der Waals surface area contributed by atoms with Gasteiger partial charge in [0.15, 0.2) is 9.84 Å². The fraction of sp³-hybridized carbons (Fsp3) is 0.310. The highest BCUT2D eigenvalue weighted by atomic mass is 32.2. The first kappa shape index (κ1) is 28.5. The average Bonchev–Trinajstić information content (AvgIpc) is 2.89. The predicted octanol–water partition coefficient (Wildman–Crippen LogP) is 5.21. The van der Waals surface area contributed by atoms with Crippen molar-refractivity contribution in [2.24, 2.45) is 5.92 Å². The van der Waals surface area contributed by atoms with Crippen LogP contribution in [-0.4, -0.2) is 39.4 Å². The fourth-order valence-corrected chi connectivity index (χ4v) is 5.16. The van der Waals surface area contributed by atoms with E-state index < -0.39 is 15.9 Å². The largest absolute Gasteiger partial charge is 0.342 e. The van der Waals surface area contributed by atoms with Crippen LogP contribution < -0.4 is 10.6 Å². The van der Waals surface area contributed by atoms with Gasteiger partial charge >= 0.3 is 0 Å². The minimum absolute atomic E-state index is 0.0626. The van der Waals surface area contributed by atoms with Crippen molar-refractivity contribution in [3.05, 3.63) is 83.9 Å². The maximum Gasteiger partial charge on any atom is 0.237 e. The Labute approximate surface area is 224 Å². The van der Waals surface area contributed by atoms with Gasteiger partial charge in [-0.2, -0.15) is 5.26 Å². The van der Waals surface area contributed by atoms with E-state index in [1.165, 1.54) is 11.2 Å². The SMILES string of the molecule is CSc1ccc(-c2ccc([C@@H](N[C@@H](CC(C)C)C(=O)NCC#N)c3ccc(S(C)(=O)=O)cc3)cc2)cc1. The van der Waals surface area contributed by atoms with Crippen molar-refractivity contribution in [2.75, 3.05) is 19.1 Å². The lowest BCUT2D eigenvalue weighted by atomic mass is 9.94. The van der Waals surface area contributed by atoms with E-state index in [0.29, 0.717) is 6.42 Å². The highest BCUT2D eigenvalue weighted by Crippen LogP contribution is 2.29. The van der Waals surface area contributed by atoms with E-state index in [2.05, 4.69) is 47.0 Å². The molecule has 0 aliphatic rings. The molecule has 0 aliphatic carbocycles. The van der Waals surface area contributed by atoms with Crippen LogP contribution in [0.1, 0.15) is 37.4 Å². The van der Waals surface area contributed by atoms with E-state index in [0.717, 1.165) is 22.3 Å². The van der Waals surface area contributed by atoms with Crippen LogP contribution in [0.4, 0.5) is 0 Å². The molecule has 194 valence electrons. The van der Waals surface area contributed by atoms with Gasteiger partial charge in [0.05, 0.1) is 23.0 Å². The van der Waals surface area contributed by atoms with Gasteiger partial charge in [-0.3, -0.25) is 10.1 Å². The Morgan fingerprint density at radius 1 is 0.919 bits per heavy atom. The Hall–Kier alpha value is -3.12. The third-order valence-corrected chi connectivity index (χ3v) is 7.91. The van der Waals surface area contributed by atoms with Gasteiger partial charge in [-0.15, -0.1) is 11.8 Å². The molecule has 0 heterocycles. The number of nitrogens with one attached hydrogen (secondary N) is 2. The summed E-state index contributed by atoms with van der Waals surface area (Å²) < 4.78 is 24.0. The minimum Gasteiger partial charge on any atom is -0.342 e. The first-order chi connectivity index (χ1) is 17.6. The molecular weight excluding hydrogens is 502 g/mol. The van der Waals surface area contributed by atoms with Crippen molar-refractivity contribution >= 4 is 27.5 Å². The molecule has 3 rings (SSSR count). The summed E-state index contributed by atoms with van der Waals surface area (Å²) in [5.74, 6) is 0.00346. The van der Waals surface area contributed by atoms with E-state index in [9.17, 15) is 13.2 Å². The molecule has 37 heavy (non-hydrogen) atoms. The molecule has 0 saturated heterocycles. The maximum atomic E-state index is 12.9. The summed E-state index contributed by atoms with van der Waals surface area (Å²) in [6.07, 6.45) is 3.81. The Morgan fingerprint density at radius 3 is 1.89 bits per heavy atom. The third kappa shape index (κ3) is 7.93. The molecule has 0 unspecified atom stereocenters. The molecule has 0 aliphatic heterocycles. The molecule has 6 nitrogen and oxygen atoms in total. The lowest BCUT2D eigenvalue weighted by Crippen LogP contribution is -2.46. The summed E-state index contributed by atoms with van der Waals surface area (Å²) in [5.41, 5.74) is 3.97. The molecule has 0 fully saturated rings. The second kappa shape index (κ2) is 12.9. The second-order valence-corrected chi connectivity index (χ2v) is 12.2. The number of hydrogen-bond acceptors (Lipinski definition) is 6. The number of thioether (sulfide) groups is 1. The third-order valence-electron chi connectivity index (χ3n) is 6.04. The van der Waals surface area contributed by atoms with Crippen molar-refractivity contribution in [2.45, 2.75) is 42.1 Å². The zero-order valence-corrected chi connectivity index (χ0v) is 23.2. The number of benzene rings is 3. The smallest absolute Gasteiger partial charge is 0.237 e. The van der Waals surface area contributed by atoms with Crippen LogP contribution in [0, 0.1) is 17.2 Å². The Kier molecular flexibility index (Phi) is 9.93. The number of nitriles is 1. The average molecular weight is 536 g/mol. The Bertz CT molecular complexity index is 1330. The molecule has 2 N–H and O–H groups in total. The van der Waals surface area contributed by atoms with Crippen molar-refractivity contribution in [1.82, 2.24) is 10.6 Å². The fourth-order valence-electron chi connectivity index (χ4n) is 4.12. The number of rotatable bonds is 11. The Morgan fingerprint density at radius 2 is 1.43 bits per heavy atom. The zero-order chi connectivity index (χ0) is 27.0. The second-order valence-electron chi connectivity index (χ2n) is 9.35. The van der Waals surface area contributed by atoms with E-state index in [1.807, 2.05) is 38.3 Å². The first-order valence-electron chi connectivity index (χ1n) is 12.1. The minimum atomic E-state index is -3.33. The van der Waals surface area contributed by atoms with Crippen molar-refractivity contribution in [3.8, 4) is 17.2 Å². The summed E-state index contributed by atoms with van der Waals surface area (Å²) >= 11 is 1.70. The molecule has 1 amide bonds. The number of hydrogen-bond donors (Lipinski definition) is 2. The van der Waals surface area contributed by atoms with Gasteiger partial charge in [0.25, 0.3) is 0 Å². The van der Waals surface area contributed by atoms with Gasteiger partial charge in [-0.05, 0) is 65.1 Å². The van der Waals surface area contributed by atoms with Crippen LogP contribution in [-0.2, 0) is 14.6 Å². The van der Waals surface area contributed by atoms with Crippen LogP contribution in [0.5, 0.6) is 0 Å². The lowest BCUT2D eigenvalue weighted by Gasteiger charge is -2.27. The van der Waals surface area contributed by atoms with Crippen LogP contribution in [0.15, 0.2) is 82.6 Å². The lowest BCUT2D eigenvalue weighted by molar-refractivity contribution is -0.123. The number of amides is 1. The normalized spacial score (nSPS) is 13.1. The molecule has 0 aromatic heterocycles. The highest BCUT2D eigenvalue weighted by molar-refractivity contribution is 7.98. The molecule has 3 aromatic carbocycles. The zero-order valence-electron chi connectivity index (χ0n) is 21.6. The Balaban J connectivity index is 1.98. The van der Waals surface area contributed by atoms with Crippen LogP contribution in [0.2, 0.25) is 0 Å². The molecule has 0 radical (unpaired) electrons. The highest BCUT2D eigenvalue weighted by Gasteiger charge is 2.25. The van der Waals surface area contributed by atoms with Gasteiger partial charge in [-0.1, -0.05) is 62.4 Å². The summed E-state index contributed by atoms with van der Waals surface area (Å²) in [4.78, 5) is 14.3. The van der Waals surface area contributed by atoms with Gasteiger partial charge in [-0.25, -0.2) is 8.42 Å². The summed E-state index contributed by atoms with van der Waals surface area (Å²) in [5, 5.41) is 15.1. The maximum absolute atomic E-state index is 12.9. The molecule has 0 spiro atoms. The van der Waals surface area contributed by atoms with E-state index in [-0.39, 0.29) is 29.3 Å². The summed E-state index contributed by atoms with van der Waals surface area (Å²) in [6, 6.07) is 24.3. The van der Waals surface area contributed by atoms with Crippen LogP contribution >= 0.6 is 11.8 Å². The molecule has 0 bridgehead atoms. The number of sulfone groups is 1. The van der Waals surface area contributed by atoms with E-state index in [1.54, 1.807) is 36.0 Å². The molecule has 2 atom stereocenters. The number of carbonyl (C=O) groups is 1. The quantitative estimate of drug-likeness (QED) is 0.258. The van der Waals surface area contributed by atoms with Gasteiger partial charge in [0.2, 0.25) is 5.91 Å². The molecule has 0 saturated carbocycles. The van der Waals surface area contributed by atoms with Crippen LogP contribution in [0.25, 0.3) is 11.1 Å². The number of nitrogens with zero attached hydrogens (tertiary/aromatic N) is 1. The van der Waals surface area contributed by atoms with E-state index >= 15 is 0 Å². The van der Waals surface area contributed by atoms with Gasteiger partial charge < -0.3 is 5.32 Å². The van der Waals surface area contributed by atoms with Crippen molar-refractivity contribution in [3.63, 3.8) is 0 Å². The summed E-state index contributed by atoms with van der Waals surface area (Å²) in [7, 11) is -3.33.